The van der Waals surface area contributed by atoms with Gasteiger partial charge in [0.25, 0.3) is 0 Å². The van der Waals surface area contributed by atoms with Gasteiger partial charge in [0.15, 0.2) is 9.84 Å². The Morgan fingerprint density at radius 1 is 1.11 bits per heavy atom. The van der Waals surface area contributed by atoms with Crippen LogP contribution in [0, 0.1) is 6.92 Å². The Hall–Kier alpha value is -2.38. The van der Waals surface area contributed by atoms with Crippen LogP contribution in [0.2, 0.25) is 0 Å². The average Bonchev–Trinajstić information content (AvgIpc) is 3.31. The first-order chi connectivity index (χ1) is 12.8. The number of nitrogens with two attached hydrogens (primary N) is 1. The third kappa shape index (κ3) is 3.21. The van der Waals surface area contributed by atoms with E-state index in [1.54, 1.807) is 62.6 Å². The zero-order valence-electron chi connectivity index (χ0n) is 15.5. The molecule has 0 amide bonds. The van der Waals surface area contributed by atoms with Crippen LogP contribution in [0.5, 0.6) is 5.75 Å². The van der Waals surface area contributed by atoms with Crippen molar-refractivity contribution >= 4 is 15.8 Å². The fourth-order valence-electron chi connectivity index (χ4n) is 3.45. The molecule has 0 saturated heterocycles. The molecule has 2 aromatic rings. The summed E-state index contributed by atoms with van der Waals surface area (Å²) in [7, 11) is -2.28. The van der Waals surface area contributed by atoms with Gasteiger partial charge in [-0.15, -0.1) is 0 Å². The summed E-state index contributed by atoms with van der Waals surface area (Å²) in [6.45, 7) is 3.67. The molecule has 1 saturated carbocycles. The average molecular weight is 389 g/mol. The number of hydrogen-bond acceptors (Lipinski definition) is 6. The molecule has 0 aromatic heterocycles. The lowest BCUT2D eigenvalue weighted by Gasteiger charge is -2.11. The summed E-state index contributed by atoms with van der Waals surface area (Å²) < 4.78 is 36.7. The van der Waals surface area contributed by atoms with Gasteiger partial charge < -0.3 is 15.2 Å². The Labute approximate surface area is 159 Å². The van der Waals surface area contributed by atoms with Crippen LogP contribution in [-0.4, -0.2) is 38.9 Å². The van der Waals surface area contributed by atoms with Gasteiger partial charge in [0.05, 0.1) is 18.6 Å². The number of benzene rings is 2. The fraction of sp³-hybridized carbons (Fsp3) is 0.350. The number of hydrogen-bond donors (Lipinski definition) is 1. The van der Waals surface area contributed by atoms with Crippen LogP contribution in [0.15, 0.2) is 53.4 Å². The quantitative estimate of drug-likeness (QED) is 0.761. The number of rotatable bonds is 6. The van der Waals surface area contributed by atoms with E-state index in [-0.39, 0.29) is 11.5 Å². The number of aryl methyl sites for hydroxylation is 1. The summed E-state index contributed by atoms with van der Waals surface area (Å²) in [4.78, 5) is 12.7. The molecule has 2 N–H and O–H groups in total. The van der Waals surface area contributed by atoms with Gasteiger partial charge in [0.2, 0.25) is 0 Å². The molecule has 0 heterocycles. The highest BCUT2D eigenvalue weighted by atomic mass is 32.2. The smallest absolute Gasteiger partial charge is 0.328 e. The molecular weight excluding hydrogens is 366 g/mol. The fourth-order valence-corrected chi connectivity index (χ4v) is 5.67. The molecule has 144 valence electrons. The second-order valence-corrected chi connectivity index (χ2v) is 8.75. The minimum absolute atomic E-state index is 0.129. The molecule has 27 heavy (non-hydrogen) atoms. The van der Waals surface area contributed by atoms with Gasteiger partial charge in [0.1, 0.15) is 16.5 Å². The van der Waals surface area contributed by atoms with Crippen LogP contribution in [0.25, 0.3) is 0 Å². The lowest BCUT2D eigenvalue weighted by molar-refractivity contribution is -0.145. The molecule has 1 fully saturated rings. The first kappa shape index (κ1) is 19.4. The summed E-state index contributed by atoms with van der Waals surface area (Å²) in [5.74, 6) is -0.753. The second kappa shape index (κ2) is 6.98. The number of carbonyl (C=O) groups excluding carboxylic acids is 1. The summed E-state index contributed by atoms with van der Waals surface area (Å²) in [5.41, 5.74) is 6.32. The Kier molecular flexibility index (Phi) is 5.01. The minimum Gasteiger partial charge on any atom is -0.497 e. The monoisotopic (exact) mass is 389 g/mol. The van der Waals surface area contributed by atoms with Crippen molar-refractivity contribution in [1.82, 2.24) is 0 Å². The van der Waals surface area contributed by atoms with Crippen molar-refractivity contribution < 1.29 is 22.7 Å². The SMILES string of the molecule is CCOC(=O)[C@]1(N)[C@@H](c2ccc(OC)cc2)[C@@H]1S(=O)(=O)c1ccc(C)cc1. The lowest BCUT2D eigenvalue weighted by Crippen LogP contribution is -2.41. The molecule has 0 unspecified atom stereocenters. The molecule has 1 aliphatic carbocycles. The molecule has 0 bridgehead atoms. The van der Waals surface area contributed by atoms with Crippen molar-refractivity contribution in [2.45, 2.75) is 35.4 Å². The van der Waals surface area contributed by atoms with Crippen LogP contribution < -0.4 is 10.5 Å². The molecule has 0 spiro atoms. The standard InChI is InChI=1S/C20H23NO5S/c1-4-26-19(22)20(21)17(14-7-9-15(25-3)10-8-14)18(20)27(23,24)16-11-5-13(2)6-12-16/h5-12,17-18H,4,21H2,1-3H3/t17-,18-,20-/m0/s1. The molecular formula is C20H23NO5S. The summed E-state index contributed by atoms with van der Waals surface area (Å²) >= 11 is 0. The maximum absolute atomic E-state index is 13.2. The van der Waals surface area contributed by atoms with Gasteiger partial charge in [-0.25, -0.2) is 13.2 Å². The summed E-state index contributed by atoms with van der Waals surface area (Å²) in [6.07, 6.45) is 0. The molecule has 0 radical (unpaired) electrons. The van der Waals surface area contributed by atoms with Crippen molar-refractivity contribution in [1.29, 1.82) is 0 Å². The highest BCUT2D eigenvalue weighted by Crippen LogP contribution is 2.56. The lowest BCUT2D eigenvalue weighted by atomic mass is 10.1. The second-order valence-electron chi connectivity index (χ2n) is 6.68. The normalized spacial score (nSPS) is 24.3. The van der Waals surface area contributed by atoms with Gasteiger partial charge in [-0.1, -0.05) is 29.8 Å². The first-order valence-electron chi connectivity index (χ1n) is 8.67. The Balaban J connectivity index is 2.04. The Morgan fingerprint density at radius 2 is 1.70 bits per heavy atom. The predicted octanol–water partition coefficient (Wildman–Crippen LogP) is 2.20. The molecule has 0 aliphatic heterocycles. The van der Waals surface area contributed by atoms with Crippen molar-refractivity contribution in [3.05, 3.63) is 59.7 Å². The van der Waals surface area contributed by atoms with Gasteiger partial charge in [0, 0.05) is 5.92 Å². The van der Waals surface area contributed by atoms with E-state index in [1.807, 2.05) is 6.92 Å². The van der Waals surface area contributed by atoms with Crippen molar-refractivity contribution in [3.63, 3.8) is 0 Å². The largest absolute Gasteiger partial charge is 0.497 e. The Bertz CT molecular complexity index is 937. The van der Waals surface area contributed by atoms with E-state index in [0.29, 0.717) is 11.3 Å². The van der Waals surface area contributed by atoms with Crippen LogP contribution in [0.1, 0.15) is 24.0 Å². The minimum atomic E-state index is -3.82. The van der Waals surface area contributed by atoms with Gasteiger partial charge in [-0.05, 0) is 43.7 Å². The van der Waals surface area contributed by atoms with E-state index in [1.165, 1.54) is 0 Å². The third-order valence-corrected chi connectivity index (χ3v) is 7.23. The van der Waals surface area contributed by atoms with Crippen LogP contribution in [-0.2, 0) is 19.4 Å². The zero-order chi connectivity index (χ0) is 19.8. The number of esters is 1. The number of carbonyl (C=O) groups is 1. The number of methoxy groups -OCH3 is 1. The van der Waals surface area contributed by atoms with Crippen molar-refractivity contribution in [3.8, 4) is 5.75 Å². The predicted molar refractivity (Wildman–Crippen MR) is 101 cm³/mol. The summed E-state index contributed by atoms with van der Waals surface area (Å²) in [6, 6.07) is 13.4. The topological polar surface area (TPSA) is 95.7 Å². The molecule has 3 rings (SSSR count). The van der Waals surface area contributed by atoms with Gasteiger partial charge >= 0.3 is 5.97 Å². The molecule has 2 aromatic carbocycles. The zero-order valence-corrected chi connectivity index (χ0v) is 16.3. The van der Waals surface area contributed by atoms with Crippen LogP contribution in [0.3, 0.4) is 0 Å². The molecule has 7 heteroatoms. The van der Waals surface area contributed by atoms with Gasteiger partial charge in [-0.3, -0.25) is 0 Å². The number of sulfone groups is 1. The van der Waals surface area contributed by atoms with Crippen molar-refractivity contribution in [2.24, 2.45) is 5.73 Å². The molecule has 3 atom stereocenters. The highest BCUT2D eigenvalue weighted by Gasteiger charge is 2.74. The molecule has 1 aliphatic rings. The van der Waals surface area contributed by atoms with E-state index in [9.17, 15) is 13.2 Å². The first-order valence-corrected chi connectivity index (χ1v) is 10.2. The van der Waals surface area contributed by atoms with E-state index in [2.05, 4.69) is 0 Å². The maximum Gasteiger partial charge on any atom is 0.328 e. The number of ether oxygens (including phenoxy) is 2. The van der Waals surface area contributed by atoms with Crippen LogP contribution in [0.4, 0.5) is 0 Å². The summed E-state index contributed by atoms with van der Waals surface area (Å²) in [5, 5.41) is -1.08. The van der Waals surface area contributed by atoms with E-state index in [4.69, 9.17) is 15.2 Å². The van der Waals surface area contributed by atoms with Crippen molar-refractivity contribution in [2.75, 3.05) is 13.7 Å². The van der Waals surface area contributed by atoms with E-state index in [0.717, 1.165) is 5.56 Å². The highest BCUT2D eigenvalue weighted by molar-refractivity contribution is 7.92. The molecule has 6 nitrogen and oxygen atoms in total. The maximum atomic E-state index is 13.2. The van der Waals surface area contributed by atoms with E-state index >= 15 is 0 Å². The third-order valence-electron chi connectivity index (χ3n) is 4.97. The van der Waals surface area contributed by atoms with Crippen LogP contribution >= 0.6 is 0 Å². The van der Waals surface area contributed by atoms with Gasteiger partial charge in [-0.2, -0.15) is 0 Å². The van der Waals surface area contributed by atoms with E-state index < -0.39 is 32.5 Å². The Morgan fingerprint density at radius 3 is 2.22 bits per heavy atom.